The van der Waals surface area contributed by atoms with Crippen LogP contribution >= 0.6 is 0 Å². The number of fused-ring (bicyclic) bond motifs is 1. The van der Waals surface area contributed by atoms with Gasteiger partial charge in [0.05, 0.1) is 18.7 Å². The van der Waals surface area contributed by atoms with E-state index in [9.17, 15) is 0 Å². The molecule has 2 rings (SSSR count). The molecule has 1 heterocycles. The van der Waals surface area contributed by atoms with E-state index in [1.165, 1.54) is 7.11 Å². The van der Waals surface area contributed by atoms with Crippen molar-refractivity contribution in [2.24, 2.45) is 0 Å². The Morgan fingerprint density at radius 3 is 2.87 bits per heavy atom. The molecule has 4 nitrogen and oxygen atoms in total. The van der Waals surface area contributed by atoms with Crippen LogP contribution in [0, 0.1) is 11.3 Å². The van der Waals surface area contributed by atoms with Gasteiger partial charge < -0.3 is 14.3 Å². The first-order valence-corrected chi connectivity index (χ1v) is 4.40. The molecule has 0 saturated heterocycles. The molecule has 15 heavy (non-hydrogen) atoms. The molecular weight excluding hydrogens is 194 g/mol. The summed E-state index contributed by atoms with van der Waals surface area (Å²) in [7, 11) is 1.51. The van der Waals surface area contributed by atoms with Crippen molar-refractivity contribution in [1.29, 1.82) is 5.26 Å². The number of hydrogen-bond donors (Lipinski definition) is 1. The first kappa shape index (κ1) is 9.56. The number of rotatable bonds is 2. The van der Waals surface area contributed by atoms with Crippen molar-refractivity contribution < 1.29 is 14.3 Å². The molecular formula is C11H9NO3. The summed E-state index contributed by atoms with van der Waals surface area (Å²) >= 11 is 0. The Kier molecular flexibility index (Phi) is 2.32. The summed E-state index contributed by atoms with van der Waals surface area (Å²) in [4.78, 5) is 0. The van der Waals surface area contributed by atoms with Crippen LogP contribution in [0.5, 0.6) is 5.75 Å². The van der Waals surface area contributed by atoms with Gasteiger partial charge in [-0.25, -0.2) is 0 Å². The lowest BCUT2D eigenvalue weighted by Crippen LogP contribution is -1.84. The van der Waals surface area contributed by atoms with E-state index in [2.05, 4.69) is 0 Å². The van der Waals surface area contributed by atoms with Gasteiger partial charge in [-0.2, -0.15) is 5.26 Å². The Hall–Kier alpha value is -1.99. The third kappa shape index (κ3) is 1.53. The van der Waals surface area contributed by atoms with Crippen LogP contribution in [-0.4, -0.2) is 12.2 Å². The molecule has 4 heteroatoms. The lowest BCUT2D eigenvalue weighted by molar-refractivity contribution is 0.250. The summed E-state index contributed by atoms with van der Waals surface area (Å²) in [5, 5.41) is 18.5. The van der Waals surface area contributed by atoms with Gasteiger partial charge in [0.2, 0.25) is 0 Å². The van der Waals surface area contributed by atoms with Crippen LogP contribution < -0.4 is 4.74 Å². The minimum atomic E-state index is -0.167. The van der Waals surface area contributed by atoms with E-state index in [-0.39, 0.29) is 6.61 Å². The Morgan fingerprint density at radius 2 is 2.27 bits per heavy atom. The highest BCUT2D eigenvalue weighted by atomic mass is 16.5. The van der Waals surface area contributed by atoms with Gasteiger partial charge in [0.1, 0.15) is 12.4 Å². The van der Waals surface area contributed by atoms with Crippen LogP contribution in [0.2, 0.25) is 0 Å². The molecule has 0 bridgehead atoms. The maximum absolute atomic E-state index is 8.93. The topological polar surface area (TPSA) is 66.4 Å². The first-order valence-electron chi connectivity index (χ1n) is 4.40. The standard InChI is InChI=1S/C11H9NO3/c1-14-10-3-7(5-12)2-8-4-9(6-13)15-11(8)10/h2-4,13H,6H2,1H3. The highest BCUT2D eigenvalue weighted by Gasteiger charge is 2.10. The molecule has 0 atom stereocenters. The molecule has 0 unspecified atom stereocenters. The van der Waals surface area contributed by atoms with Gasteiger partial charge in [-0.1, -0.05) is 0 Å². The summed E-state index contributed by atoms with van der Waals surface area (Å²) in [5.74, 6) is 0.960. The van der Waals surface area contributed by atoms with E-state index in [1.54, 1.807) is 18.2 Å². The summed E-state index contributed by atoms with van der Waals surface area (Å²) < 4.78 is 10.5. The molecule has 0 fully saturated rings. The predicted molar refractivity (Wildman–Crippen MR) is 53.4 cm³/mol. The number of ether oxygens (including phenoxy) is 1. The first-order chi connectivity index (χ1) is 7.28. The van der Waals surface area contributed by atoms with E-state index in [0.717, 1.165) is 5.39 Å². The average molecular weight is 203 g/mol. The molecule has 1 aromatic heterocycles. The molecule has 0 amide bonds. The maximum atomic E-state index is 8.93. The zero-order valence-corrected chi connectivity index (χ0v) is 8.15. The molecule has 0 aliphatic rings. The second-order valence-corrected chi connectivity index (χ2v) is 3.08. The molecule has 0 aliphatic carbocycles. The largest absolute Gasteiger partial charge is 0.493 e. The summed E-state index contributed by atoms with van der Waals surface area (Å²) in [6.45, 7) is -0.167. The molecule has 0 spiro atoms. The van der Waals surface area contributed by atoms with Crippen LogP contribution in [0.3, 0.4) is 0 Å². The van der Waals surface area contributed by atoms with Crippen molar-refractivity contribution in [2.45, 2.75) is 6.61 Å². The number of benzene rings is 1. The average Bonchev–Trinajstić information content (AvgIpc) is 2.70. The van der Waals surface area contributed by atoms with Gasteiger partial charge in [0.25, 0.3) is 0 Å². The van der Waals surface area contributed by atoms with Gasteiger partial charge >= 0.3 is 0 Å². The van der Waals surface area contributed by atoms with Crippen molar-refractivity contribution >= 4 is 11.0 Å². The predicted octanol–water partition coefficient (Wildman–Crippen LogP) is 1.81. The monoisotopic (exact) mass is 203 g/mol. The Labute approximate surface area is 86.3 Å². The molecule has 76 valence electrons. The number of nitriles is 1. The molecule has 1 aromatic carbocycles. The molecule has 2 aromatic rings. The summed E-state index contributed by atoms with van der Waals surface area (Å²) in [6.07, 6.45) is 0. The van der Waals surface area contributed by atoms with Crippen molar-refractivity contribution in [3.63, 3.8) is 0 Å². The van der Waals surface area contributed by atoms with Gasteiger partial charge in [-0.3, -0.25) is 0 Å². The molecule has 0 saturated carbocycles. The smallest absolute Gasteiger partial charge is 0.176 e. The fraction of sp³-hybridized carbons (Fsp3) is 0.182. The third-order valence-corrected chi connectivity index (χ3v) is 2.14. The number of hydrogen-bond acceptors (Lipinski definition) is 4. The summed E-state index contributed by atoms with van der Waals surface area (Å²) in [5.41, 5.74) is 1.06. The van der Waals surface area contributed by atoms with E-state index < -0.39 is 0 Å². The van der Waals surface area contributed by atoms with Crippen LogP contribution in [-0.2, 0) is 6.61 Å². The van der Waals surface area contributed by atoms with Crippen molar-refractivity contribution in [3.05, 3.63) is 29.5 Å². The second kappa shape index (κ2) is 3.64. The van der Waals surface area contributed by atoms with Crippen molar-refractivity contribution in [2.75, 3.05) is 7.11 Å². The Balaban J connectivity index is 2.73. The number of aliphatic hydroxyl groups is 1. The van der Waals surface area contributed by atoms with E-state index in [0.29, 0.717) is 22.7 Å². The van der Waals surface area contributed by atoms with Gasteiger partial charge in [0, 0.05) is 11.5 Å². The Bertz CT molecular complexity index is 536. The lowest BCUT2D eigenvalue weighted by atomic mass is 10.1. The fourth-order valence-electron chi connectivity index (χ4n) is 1.47. The molecule has 0 aliphatic heterocycles. The van der Waals surface area contributed by atoms with Gasteiger partial charge in [-0.05, 0) is 12.1 Å². The second-order valence-electron chi connectivity index (χ2n) is 3.08. The highest BCUT2D eigenvalue weighted by molar-refractivity contribution is 5.85. The van der Waals surface area contributed by atoms with E-state index in [4.69, 9.17) is 19.5 Å². The van der Waals surface area contributed by atoms with Gasteiger partial charge in [-0.15, -0.1) is 0 Å². The quantitative estimate of drug-likeness (QED) is 0.808. The minimum Gasteiger partial charge on any atom is -0.493 e. The van der Waals surface area contributed by atoms with Crippen LogP contribution in [0.4, 0.5) is 0 Å². The number of aliphatic hydroxyl groups excluding tert-OH is 1. The van der Waals surface area contributed by atoms with Crippen LogP contribution in [0.25, 0.3) is 11.0 Å². The molecule has 1 N–H and O–H groups in total. The van der Waals surface area contributed by atoms with E-state index in [1.807, 2.05) is 6.07 Å². The zero-order chi connectivity index (χ0) is 10.8. The van der Waals surface area contributed by atoms with Crippen molar-refractivity contribution in [3.8, 4) is 11.8 Å². The van der Waals surface area contributed by atoms with E-state index >= 15 is 0 Å². The third-order valence-electron chi connectivity index (χ3n) is 2.14. The lowest BCUT2D eigenvalue weighted by Gasteiger charge is -2.00. The summed E-state index contributed by atoms with van der Waals surface area (Å²) in [6, 6.07) is 7.03. The number of methoxy groups -OCH3 is 1. The number of furan rings is 1. The fourth-order valence-corrected chi connectivity index (χ4v) is 1.47. The Morgan fingerprint density at radius 1 is 1.47 bits per heavy atom. The highest BCUT2D eigenvalue weighted by Crippen LogP contribution is 2.30. The van der Waals surface area contributed by atoms with Crippen LogP contribution in [0.15, 0.2) is 22.6 Å². The van der Waals surface area contributed by atoms with Gasteiger partial charge in [0.15, 0.2) is 11.3 Å². The minimum absolute atomic E-state index is 0.167. The number of nitrogens with zero attached hydrogens (tertiary/aromatic N) is 1. The maximum Gasteiger partial charge on any atom is 0.176 e. The SMILES string of the molecule is COc1cc(C#N)cc2cc(CO)oc12. The van der Waals surface area contributed by atoms with Crippen LogP contribution in [0.1, 0.15) is 11.3 Å². The normalized spacial score (nSPS) is 10.2. The zero-order valence-electron chi connectivity index (χ0n) is 8.15. The molecule has 0 radical (unpaired) electrons. The van der Waals surface area contributed by atoms with Crippen molar-refractivity contribution in [1.82, 2.24) is 0 Å².